The summed E-state index contributed by atoms with van der Waals surface area (Å²) >= 11 is 0. The number of ether oxygens (including phenoxy) is 1. The van der Waals surface area contributed by atoms with Gasteiger partial charge in [-0.2, -0.15) is 0 Å². The van der Waals surface area contributed by atoms with Crippen LogP contribution < -0.4 is 4.74 Å². The molecule has 0 unspecified atom stereocenters. The van der Waals surface area contributed by atoms with Gasteiger partial charge in [0.2, 0.25) is 0 Å². The highest BCUT2D eigenvalue weighted by Gasteiger charge is 2.03. The van der Waals surface area contributed by atoms with Gasteiger partial charge >= 0.3 is 5.97 Å². The van der Waals surface area contributed by atoms with Crippen LogP contribution in [0, 0.1) is 5.82 Å². The fraction of sp³-hybridized carbons (Fsp3) is 0.400. The molecule has 0 spiro atoms. The van der Waals surface area contributed by atoms with E-state index in [4.69, 9.17) is 9.84 Å². The van der Waals surface area contributed by atoms with E-state index in [2.05, 4.69) is 6.92 Å². The summed E-state index contributed by atoms with van der Waals surface area (Å²) in [5, 5.41) is 8.48. The van der Waals surface area contributed by atoms with Crippen molar-refractivity contribution in [3.63, 3.8) is 0 Å². The second kappa shape index (κ2) is 8.29. The van der Waals surface area contributed by atoms with Crippen LogP contribution >= 0.6 is 0 Å². The van der Waals surface area contributed by atoms with Gasteiger partial charge in [-0.1, -0.05) is 32.3 Å². The molecule has 0 aliphatic heterocycles. The molecule has 0 bridgehead atoms. The lowest BCUT2D eigenvalue weighted by Crippen LogP contribution is -1.99. The number of hydrogen-bond acceptors (Lipinski definition) is 2. The number of unbranched alkanes of at least 4 members (excludes halogenated alkanes) is 3. The van der Waals surface area contributed by atoms with Crippen LogP contribution in [-0.2, 0) is 4.79 Å². The van der Waals surface area contributed by atoms with Crippen molar-refractivity contribution in [2.75, 3.05) is 6.61 Å². The Kier molecular flexibility index (Phi) is 6.64. The molecule has 104 valence electrons. The van der Waals surface area contributed by atoms with E-state index in [-0.39, 0.29) is 5.75 Å². The summed E-state index contributed by atoms with van der Waals surface area (Å²) in [6.07, 6.45) is 6.62. The van der Waals surface area contributed by atoms with E-state index in [0.717, 1.165) is 31.8 Å². The van der Waals surface area contributed by atoms with Crippen LogP contribution in [0.1, 0.15) is 38.2 Å². The fourth-order valence-corrected chi connectivity index (χ4v) is 1.62. The molecule has 0 aliphatic rings. The molecule has 19 heavy (non-hydrogen) atoms. The van der Waals surface area contributed by atoms with Gasteiger partial charge in [-0.3, -0.25) is 0 Å². The van der Waals surface area contributed by atoms with Gasteiger partial charge in [-0.15, -0.1) is 0 Å². The highest BCUT2D eigenvalue weighted by atomic mass is 19.1. The molecule has 0 fully saturated rings. The Labute approximate surface area is 112 Å². The van der Waals surface area contributed by atoms with E-state index in [1.54, 1.807) is 6.07 Å². The second-order valence-electron chi connectivity index (χ2n) is 4.27. The predicted molar refractivity (Wildman–Crippen MR) is 72.7 cm³/mol. The molecule has 1 rings (SSSR count). The van der Waals surface area contributed by atoms with E-state index in [1.807, 2.05) is 0 Å². The topological polar surface area (TPSA) is 46.5 Å². The largest absolute Gasteiger partial charge is 0.491 e. The van der Waals surface area contributed by atoms with Crippen molar-refractivity contribution in [1.29, 1.82) is 0 Å². The molecule has 1 N–H and O–H groups in total. The Bertz CT molecular complexity index is 441. The smallest absolute Gasteiger partial charge is 0.328 e. The van der Waals surface area contributed by atoms with Crippen LogP contribution in [0.25, 0.3) is 6.08 Å². The van der Waals surface area contributed by atoms with Crippen molar-refractivity contribution < 1.29 is 19.0 Å². The first kappa shape index (κ1) is 15.2. The second-order valence-corrected chi connectivity index (χ2v) is 4.27. The summed E-state index contributed by atoms with van der Waals surface area (Å²) in [4.78, 5) is 10.3. The van der Waals surface area contributed by atoms with Gasteiger partial charge in [0.05, 0.1) is 6.61 Å². The first-order chi connectivity index (χ1) is 9.13. The maximum atomic E-state index is 13.6. The van der Waals surface area contributed by atoms with E-state index in [1.165, 1.54) is 18.2 Å². The number of aliphatic carboxylic acids is 1. The molecular formula is C15H19FO3. The lowest BCUT2D eigenvalue weighted by molar-refractivity contribution is -0.131. The summed E-state index contributed by atoms with van der Waals surface area (Å²) < 4.78 is 19.0. The summed E-state index contributed by atoms with van der Waals surface area (Å²) in [7, 11) is 0. The van der Waals surface area contributed by atoms with Crippen molar-refractivity contribution in [2.45, 2.75) is 32.6 Å². The standard InChI is InChI=1S/C15H19FO3/c1-2-3-4-5-10-19-14-8-6-12(11-13(14)16)7-9-15(17)18/h6-9,11H,2-5,10H2,1H3,(H,17,18)/b9-7+. The maximum Gasteiger partial charge on any atom is 0.328 e. The molecule has 0 heterocycles. The minimum Gasteiger partial charge on any atom is -0.491 e. The lowest BCUT2D eigenvalue weighted by atomic mass is 10.2. The van der Waals surface area contributed by atoms with E-state index in [9.17, 15) is 9.18 Å². The third-order valence-electron chi connectivity index (χ3n) is 2.63. The Balaban J connectivity index is 2.50. The van der Waals surface area contributed by atoms with Crippen LogP contribution in [0.2, 0.25) is 0 Å². The molecule has 0 amide bonds. The molecule has 0 saturated heterocycles. The number of hydrogen-bond donors (Lipinski definition) is 1. The van der Waals surface area contributed by atoms with Crippen LogP contribution in [0.5, 0.6) is 5.75 Å². The summed E-state index contributed by atoms with van der Waals surface area (Å²) in [5.41, 5.74) is 0.498. The molecule has 1 aromatic carbocycles. The van der Waals surface area contributed by atoms with Crippen LogP contribution in [0.15, 0.2) is 24.3 Å². The van der Waals surface area contributed by atoms with Gasteiger partial charge in [0.25, 0.3) is 0 Å². The predicted octanol–water partition coefficient (Wildman–Crippen LogP) is 3.88. The first-order valence-electron chi connectivity index (χ1n) is 6.47. The average Bonchev–Trinajstić information content (AvgIpc) is 2.38. The normalized spacial score (nSPS) is 10.8. The Morgan fingerprint density at radius 3 is 2.79 bits per heavy atom. The summed E-state index contributed by atoms with van der Waals surface area (Å²) in [6, 6.07) is 4.42. The van der Waals surface area contributed by atoms with Crippen LogP contribution in [-0.4, -0.2) is 17.7 Å². The Hall–Kier alpha value is -1.84. The van der Waals surface area contributed by atoms with Crippen LogP contribution in [0.4, 0.5) is 4.39 Å². The SMILES string of the molecule is CCCCCCOc1ccc(/C=C/C(=O)O)cc1F. The average molecular weight is 266 g/mol. The van der Waals surface area contributed by atoms with Gasteiger partial charge in [0.1, 0.15) is 0 Å². The van der Waals surface area contributed by atoms with E-state index in [0.29, 0.717) is 12.2 Å². The Morgan fingerprint density at radius 2 is 2.16 bits per heavy atom. The molecule has 4 heteroatoms. The van der Waals surface area contributed by atoms with E-state index >= 15 is 0 Å². The fourth-order valence-electron chi connectivity index (χ4n) is 1.62. The van der Waals surface area contributed by atoms with Crippen molar-refractivity contribution in [3.8, 4) is 5.75 Å². The molecule has 3 nitrogen and oxygen atoms in total. The van der Waals surface area contributed by atoms with Crippen molar-refractivity contribution in [2.24, 2.45) is 0 Å². The molecular weight excluding hydrogens is 247 g/mol. The highest BCUT2D eigenvalue weighted by Crippen LogP contribution is 2.19. The van der Waals surface area contributed by atoms with Crippen molar-refractivity contribution in [1.82, 2.24) is 0 Å². The zero-order valence-electron chi connectivity index (χ0n) is 11.1. The molecule has 0 saturated carbocycles. The molecule has 0 aromatic heterocycles. The van der Waals surface area contributed by atoms with Gasteiger partial charge in [-0.25, -0.2) is 9.18 Å². The molecule has 0 aliphatic carbocycles. The van der Waals surface area contributed by atoms with Gasteiger partial charge in [0.15, 0.2) is 11.6 Å². The number of benzene rings is 1. The van der Waals surface area contributed by atoms with Gasteiger partial charge in [0, 0.05) is 6.08 Å². The quantitative estimate of drug-likeness (QED) is 0.573. The summed E-state index contributed by atoms with van der Waals surface area (Å²) in [6.45, 7) is 2.63. The number of rotatable bonds is 8. The number of carboxylic acid groups (broad SMARTS) is 1. The molecule has 0 atom stereocenters. The monoisotopic (exact) mass is 266 g/mol. The first-order valence-corrected chi connectivity index (χ1v) is 6.47. The molecule has 0 radical (unpaired) electrons. The maximum absolute atomic E-state index is 13.6. The van der Waals surface area contributed by atoms with Crippen molar-refractivity contribution in [3.05, 3.63) is 35.7 Å². The van der Waals surface area contributed by atoms with Gasteiger partial charge < -0.3 is 9.84 Å². The minimum absolute atomic E-state index is 0.212. The summed E-state index contributed by atoms with van der Waals surface area (Å²) in [5.74, 6) is -1.32. The van der Waals surface area contributed by atoms with Crippen LogP contribution in [0.3, 0.4) is 0 Å². The highest BCUT2D eigenvalue weighted by molar-refractivity contribution is 5.85. The van der Waals surface area contributed by atoms with Crippen molar-refractivity contribution >= 4 is 12.0 Å². The third kappa shape index (κ3) is 6.04. The van der Waals surface area contributed by atoms with E-state index < -0.39 is 11.8 Å². The number of carbonyl (C=O) groups is 1. The third-order valence-corrected chi connectivity index (χ3v) is 2.63. The zero-order chi connectivity index (χ0) is 14.1. The van der Waals surface area contributed by atoms with Gasteiger partial charge in [-0.05, 0) is 30.2 Å². The Morgan fingerprint density at radius 1 is 1.37 bits per heavy atom. The zero-order valence-corrected chi connectivity index (χ0v) is 11.1. The number of halogens is 1. The molecule has 1 aromatic rings. The lowest BCUT2D eigenvalue weighted by Gasteiger charge is -2.07. The number of carboxylic acids is 1. The minimum atomic E-state index is -1.06.